The minimum Gasteiger partial charge on any atom is -0.458 e. The summed E-state index contributed by atoms with van der Waals surface area (Å²) >= 11 is 0. The molecular weight excluding hydrogens is 314 g/mol. The van der Waals surface area contributed by atoms with E-state index in [1.165, 1.54) is 0 Å². The van der Waals surface area contributed by atoms with E-state index in [-0.39, 0.29) is 22.4 Å². The SMILES string of the molecule is CCS(=O)(=O)c1ccc(-c2cccc(C(=O)OC(C)C)n2)cc1. The molecule has 122 valence electrons. The first kappa shape index (κ1) is 17.1. The van der Waals surface area contributed by atoms with Gasteiger partial charge in [0.25, 0.3) is 0 Å². The van der Waals surface area contributed by atoms with E-state index in [0.29, 0.717) is 5.69 Å². The number of hydrogen-bond acceptors (Lipinski definition) is 5. The standard InChI is InChI=1S/C17H19NO4S/c1-4-23(20,21)14-10-8-13(9-11-14)15-6-5-7-16(18-15)17(19)22-12(2)3/h5-12H,4H2,1-3H3. The van der Waals surface area contributed by atoms with E-state index in [9.17, 15) is 13.2 Å². The van der Waals surface area contributed by atoms with Crippen LogP contribution in [-0.2, 0) is 14.6 Å². The van der Waals surface area contributed by atoms with Crippen molar-refractivity contribution < 1.29 is 17.9 Å². The summed E-state index contributed by atoms with van der Waals surface area (Å²) in [4.78, 5) is 16.5. The number of benzene rings is 1. The molecule has 1 heterocycles. The number of sulfone groups is 1. The average Bonchev–Trinajstić information content (AvgIpc) is 2.54. The second kappa shape index (κ2) is 6.91. The largest absolute Gasteiger partial charge is 0.458 e. The molecule has 6 heteroatoms. The van der Waals surface area contributed by atoms with Crippen LogP contribution < -0.4 is 0 Å². The Hall–Kier alpha value is -2.21. The van der Waals surface area contributed by atoms with Crippen LogP contribution in [0.15, 0.2) is 47.4 Å². The molecule has 2 rings (SSSR count). The highest BCUT2D eigenvalue weighted by Gasteiger charge is 2.14. The van der Waals surface area contributed by atoms with Gasteiger partial charge in [-0.1, -0.05) is 25.1 Å². The van der Waals surface area contributed by atoms with Crippen molar-refractivity contribution in [2.45, 2.75) is 31.8 Å². The first-order chi connectivity index (χ1) is 10.8. The van der Waals surface area contributed by atoms with Crippen LogP contribution in [-0.4, -0.2) is 31.2 Å². The van der Waals surface area contributed by atoms with Crippen LogP contribution in [0.2, 0.25) is 0 Å². The van der Waals surface area contributed by atoms with Crippen LogP contribution in [0.1, 0.15) is 31.3 Å². The van der Waals surface area contributed by atoms with Crippen molar-refractivity contribution in [3.63, 3.8) is 0 Å². The third-order valence-electron chi connectivity index (χ3n) is 3.19. The summed E-state index contributed by atoms with van der Waals surface area (Å²) in [5.41, 5.74) is 1.55. The van der Waals surface area contributed by atoms with Crippen LogP contribution in [0.3, 0.4) is 0 Å². The van der Waals surface area contributed by atoms with Crippen molar-refractivity contribution in [3.8, 4) is 11.3 Å². The van der Waals surface area contributed by atoms with Gasteiger partial charge in [-0.25, -0.2) is 18.2 Å². The molecule has 0 aliphatic carbocycles. The lowest BCUT2D eigenvalue weighted by Gasteiger charge is -2.08. The monoisotopic (exact) mass is 333 g/mol. The van der Waals surface area contributed by atoms with Crippen LogP contribution in [0.25, 0.3) is 11.3 Å². The van der Waals surface area contributed by atoms with E-state index in [2.05, 4.69) is 4.98 Å². The van der Waals surface area contributed by atoms with Gasteiger partial charge in [0, 0.05) is 5.56 Å². The van der Waals surface area contributed by atoms with Gasteiger partial charge in [-0.15, -0.1) is 0 Å². The second-order valence-corrected chi connectivity index (χ2v) is 7.57. The third-order valence-corrected chi connectivity index (χ3v) is 4.94. The number of pyridine rings is 1. The number of esters is 1. The van der Waals surface area contributed by atoms with Gasteiger partial charge in [0.1, 0.15) is 5.69 Å². The van der Waals surface area contributed by atoms with E-state index >= 15 is 0 Å². The zero-order chi connectivity index (χ0) is 17.0. The number of ether oxygens (including phenoxy) is 1. The summed E-state index contributed by atoms with van der Waals surface area (Å²) in [6.07, 6.45) is -0.216. The molecule has 1 aromatic heterocycles. The minimum absolute atomic E-state index is 0.0567. The van der Waals surface area contributed by atoms with Crippen molar-refractivity contribution in [1.82, 2.24) is 4.98 Å². The lowest BCUT2D eigenvalue weighted by Crippen LogP contribution is -2.13. The molecule has 23 heavy (non-hydrogen) atoms. The van der Waals surface area contributed by atoms with Crippen molar-refractivity contribution in [2.75, 3.05) is 5.75 Å². The summed E-state index contributed by atoms with van der Waals surface area (Å²) < 4.78 is 28.8. The highest BCUT2D eigenvalue weighted by molar-refractivity contribution is 7.91. The predicted octanol–water partition coefficient (Wildman–Crippen LogP) is 3.11. The highest BCUT2D eigenvalue weighted by Crippen LogP contribution is 2.20. The molecule has 0 aliphatic rings. The van der Waals surface area contributed by atoms with Crippen molar-refractivity contribution in [3.05, 3.63) is 48.2 Å². The first-order valence-electron chi connectivity index (χ1n) is 7.34. The van der Waals surface area contributed by atoms with Crippen LogP contribution in [0, 0.1) is 0 Å². The molecule has 0 saturated heterocycles. The first-order valence-corrected chi connectivity index (χ1v) is 9.00. The molecule has 1 aromatic carbocycles. The fourth-order valence-corrected chi connectivity index (χ4v) is 2.87. The molecular formula is C17H19NO4S. The molecule has 0 unspecified atom stereocenters. The van der Waals surface area contributed by atoms with Gasteiger partial charge in [-0.2, -0.15) is 0 Å². The molecule has 0 bridgehead atoms. The zero-order valence-electron chi connectivity index (χ0n) is 13.3. The summed E-state index contributed by atoms with van der Waals surface area (Å²) in [5, 5.41) is 0. The van der Waals surface area contributed by atoms with Crippen molar-refractivity contribution in [2.24, 2.45) is 0 Å². The maximum atomic E-state index is 11.9. The third kappa shape index (κ3) is 4.16. The van der Waals surface area contributed by atoms with Gasteiger partial charge in [0.15, 0.2) is 9.84 Å². The molecule has 0 saturated carbocycles. The molecule has 0 N–H and O–H groups in total. The molecule has 0 spiro atoms. The number of rotatable bonds is 5. The second-order valence-electron chi connectivity index (χ2n) is 5.29. The molecule has 0 fully saturated rings. The molecule has 0 amide bonds. The molecule has 5 nitrogen and oxygen atoms in total. The Morgan fingerprint density at radius 2 is 1.78 bits per heavy atom. The van der Waals surface area contributed by atoms with Gasteiger partial charge < -0.3 is 4.74 Å². The Bertz CT molecular complexity index is 796. The van der Waals surface area contributed by atoms with Gasteiger partial charge in [0.2, 0.25) is 0 Å². The van der Waals surface area contributed by atoms with E-state index < -0.39 is 15.8 Å². The fourth-order valence-electron chi connectivity index (χ4n) is 1.98. The Morgan fingerprint density at radius 3 is 2.35 bits per heavy atom. The molecule has 0 atom stereocenters. The Balaban J connectivity index is 2.31. The lowest BCUT2D eigenvalue weighted by atomic mass is 10.1. The maximum absolute atomic E-state index is 11.9. The zero-order valence-corrected chi connectivity index (χ0v) is 14.1. The van der Waals surface area contributed by atoms with E-state index in [1.54, 1.807) is 63.2 Å². The lowest BCUT2D eigenvalue weighted by molar-refractivity contribution is 0.0371. The Labute approximate surface area is 136 Å². The highest BCUT2D eigenvalue weighted by atomic mass is 32.2. The Morgan fingerprint density at radius 1 is 1.13 bits per heavy atom. The van der Waals surface area contributed by atoms with Gasteiger partial charge in [0.05, 0.1) is 22.4 Å². The maximum Gasteiger partial charge on any atom is 0.357 e. The Kier molecular flexibility index (Phi) is 5.15. The summed E-state index contributed by atoms with van der Waals surface area (Å²) in [5.74, 6) is -0.423. The van der Waals surface area contributed by atoms with Gasteiger partial charge in [-0.3, -0.25) is 0 Å². The van der Waals surface area contributed by atoms with Gasteiger partial charge >= 0.3 is 5.97 Å². The number of hydrogen-bond donors (Lipinski definition) is 0. The summed E-state index contributed by atoms with van der Waals surface area (Å²) in [7, 11) is -3.23. The van der Waals surface area contributed by atoms with Crippen molar-refractivity contribution >= 4 is 15.8 Å². The molecule has 0 aliphatic heterocycles. The summed E-state index contributed by atoms with van der Waals surface area (Å²) in [6, 6.07) is 11.5. The predicted molar refractivity (Wildman–Crippen MR) is 88.0 cm³/mol. The minimum atomic E-state index is -3.23. The average molecular weight is 333 g/mol. The number of carbonyl (C=O) groups is 1. The number of carbonyl (C=O) groups excluding carboxylic acids is 1. The topological polar surface area (TPSA) is 73.3 Å². The van der Waals surface area contributed by atoms with E-state index in [1.807, 2.05) is 0 Å². The number of nitrogens with zero attached hydrogens (tertiary/aromatic N) is 1. The van der Waals surface area contributed by atoms with Crippen LogP contribution in [0.4, 0.5) is 0 Å². The van der Waals surface area contributed by atoms with E-state index in [0.717, 1.165) is 5.56 Å². The van der Waals surface area contributed by atoms with Crippen molar-refractivity contribution in [1.29, 1.82) is 0 Å². The normalized spacial score (nSPS) is 11.5. The van der Waals surface area contributed by atoms with Crippen LogP contribution >= 0.6 is 0 Å². The quantitative estimate of drug-likeness (QED) is 0.786. The number of aromatic nitrogens is 1. The smallest absolute Gasteiger partial charge is 0.357 e. The van der Waals surface area contributed by atoms with E-state index in [4.69, 9.17) is 4.74 Å². The van der Waals surface area contributed by atoms with Crippen LogP contribution in [0.5, 0.6) is 0 Å². The molecule has 2 aromatic rings. The molecule has 0 radical (unpaired) electrons. The fraction of sp³-hybridized carbons (Fsp3) is 0.294. The summed E-state index contributed by atoms with van der Waals surface area (Å²) in [6.45, 7) is 5.15. The van der Waals surface area contributed by atoms with Gasteiger partial charge in [-0.05, 0) is 38.1 Å².